The Morgan fingerprint density at radius 3 is 2.62 bits per heavy atom. The third kappa shape index (κ3) is 3.14. The highest BCUT2D eigenvalue weighted by Gasteiger charge is 2.31. The van der Waals surface area contributed by atoms with E-state index in [1.54, 1.807) is 0 Å². The molecule has 0 bridgehead atoms. The fraction of sp³-hybridized carbons (Fsp3) is 0.786. The first kappa shape index (κ1) is 15.0. The second kappa shape index (κ2) is 5.70. The Balaban J connectivity index is 1.79. The van der Waals surface area contributed by atoms with E-state index in [2.05, 4.69) is 22.2 Å². The molecular weight excluding hydrogens is 288 g/mol. The lowest BCUT2D eigenvalue weighted by molar-refractivity contribution is 0.232. The van der Waals surface area contributed by atoms with Gasteiger partial charge in [0.1, 0.15) is 0 Å². The summed E-state index contributed by atoms with van der Waals surface area (Å²) in [5, 5.41) is 7.99. The van der Waals surface area contributed by atoms with Crippen LogP contribution in [0, 0.1) is 13.8 Å². The van der Waals surface area contributed by atoms with Crippen molar-refractivity contribution in [1.82, 2.24) is 20.0 Å². The Morgan fingerprint density at radius 2 is 2.00 bits per heavy atom. The van der Waals surface area contributed by atoms with E-state index in [9.17, 15) is 8.42 Å². The van der Waals surface area contributed by atoms with Crippen molar-refractivity contribution in [2.45, 2.75) is 32.9 Å². The average molecular weight is 312 g/mol. The topological polar surface area (TPSA) is 67.2 Å². The zero-order valence-electron chi connectivity index (χ0n) is 12.8. The third-order valence-corrected chi connectivity index (χ3v) is 6.37. The van der Waals surface area contributed by atoms with Crippen LogP contribution in [0.1, 0.15) is 29.4 Å². The molecule has 3 heterocycles. The van der Waals surface area contributed by atoms with Gasteiger partial charge in [0.05, 0.1) is 23.2 Å². The van der Waals surface area contributed by atoms with Gasteiger partial charge in [-0.05, 0) is 20.3 Å². The molecule has 1 aromatic heterocycles. The highest BCUT2D eigenvalue weighted by Crippen LogP contribution is 2.27. The van der Waals surface area contributed by atoms with Crippen LogP contribution >= 0.6 is 0 Å². The van der Waals surface area contributed by atoms with E-state index in [0.717, 1.165) is 44.1 Å². The molecule has 1 aromatic rings. The molecular formula is C14H24N4O2S. The van der Waals surface area contributed by atoms with Crippen molar-refractivity contribution < 1.29 is 8.42 Å². The van der Waals surface area contributed by atoms with Gasteiger partial charge in [0, 0.05) is 44.0 Å². The first-order valence-corrected chi connectivity index (χ1v) is 9.46. The molecule has 0 radical (unpaired) electrons. The number of aromatic nitrogens is 2. The quantitative estimate of drug-likeness (QED) is 0.867. The predicted molar refractivity (Wildman–Crippen MR) is 82.2 cm³/mol. The first-order valence-electron chi connectivity index (χ1n) is 7.64. The smallest absolute Gasteiger partial charge is 0.152 e. The normalized spacial score (nSPS) is 26.3. The van der Waals surface area contributed by atoms with Crippen molar-refractivity contribution in [2.24, 2.45) is 0 Å². The molecule has 118 valence electrons. The maximum atomic E-state index is 11.7. The van der Waals surface area contributed by atoms with Crippen molar-refractivity contribution in [3.8, 4) is 0 Å². The van der Waals surface area contributed by atoms with E-state index in [-0.39, 0.29) is 11.8 Å². The zero-order chi connectivity index (χ0) is 15.0. The van der Waals surface area contributed by atoms with Crippen LogP contribution in [0.5, 0.6) is 0 Å². The number of nitrogens with one attached hydrogen (secondary N) is 1. The van der Waals surface area contributed by atoms with Gasteiger partial charge in [-0.2, -0.15) is 5.10 Å². The molecule has 0 unspecified atom stereocenters. The summed E-state index contributed by atoms with van der Waals surface area (Å²) < 4.78 is 25.3. The number of hydrogen-bond acceptors (Lipinski definition) is 5. The van der Waals surface area contributed by atoms with Gasteiger partial charge in [0.25, 0.3) is 0 Å². The van der Waals surface area contributed by atoms with Crippen LogP contribution in [-0.4, -0.2) is 60.8 Å². The summed E-state index contributed by atoms with van der Waals surface area (Å²) in [6, 6.07) is 0.0190. The molecule has 6 nitrogen and oxygen atoms in total. The Labute approximate surface area is 126 Å². The van der Waals surface area contributed by atoms with E-state index >= 15 is 0 Å². The van der Waals surface area contributed by atoms with Crippen molar-refractivity contribution in [3.63, 3.8) is 0 Å². The minimum atomic E-state index is -2.87. The van der Waals surface area contributed by atoms with E-state index in [1.165, 1.54) is 5.56 Å². The Bertz CT molecular complexity index is 617. The summed E-state index contributed by atoms with van der Waals surface area (Å²) in [5.74, 6) is 0.533. The number of piperazine rings is 1. The van der Waals surface area contributed by atoms with Gasteiger partial charge < -0.3 is 5.32 Å². The second-order valence-electron chi connectivity index (χ2n) is 6.18. The fourth-order valence-corrected chi connectivity index (χ4v) is 5.03. The molecule has 3 rings (SSSR count). The molecule has 0 aromatic carbocycles. The number of aryl methyl sites for hydroxylation is 1. The largest absolute Gasteiger partial charge is 0.314 e. The summed E-state index contributed by atoms with van der Waals surface area (Å²) >= 11 is 0. The molecule has 0 aliphatic carbocycles. The van der Waals surface area contributed by atoms with Gasteiger partial charge in [-0.15, -0.1) is 0 Å². The van der Waals surface area contributed by atoms with Gasteiger partial charge in [-0.3, -0.25) is 9.58 Å². The fourth-order valence-electron chi connectivity index (χ4n) is 3.34. The molecule has 1 atom stereocenters. The molecule has 0 amide bonds. The van der Waals surface area contributed by atoms with Crippen molar-refractivity contribution in [3.05, 3.63) is 17.0 Å². The molecule has 1 N–H and O–H groups in total. The van der Waals surface area contributed by atoms with Crippen LogP contribution in [-0.2, 0) is 16.4 Å². The van der Waals surface area contributed by atoms with Crippen molar-refractivity contribution in [2.75, 3.05) is 37.7 Å². The standard InChI is InChI=1S/C14H24N4O2S/c1-11-14(9-17-6-4-15-5-7-17)12(2)18(16-11)13-3-8-21(19,20)10-13/h13,15H,3-10H2,1-2H3/t13-/m0/s1. The van der Waals surface area contributed by atoms with Crippen molar-refractivity contribution >= 4 is 9.84 Å². The summed E-state index contributed by atoms with van der Waals surface area (Å²) in [6.45, 7) is 9.20. The van der Waals surface area contributed by atoms with Crippen LogP contribution in [0.2, 0.25) is 0 Å². The van der Waals surface area contributed by atoms with Gasteiger partial charge in [0.2, 0.25) is 0 Å². The van der Waals surface area contributed by atoms with Gasteiger partial charge >= 0.3 is 0 Å². The molecule has 7 heteroatoms. The minimum Gasteiger partial charge on any atom is -0.314 e. The monoisotopic (exact) mass is 312 g/mol. The summed E-state index contributed by atoms with van der Waals surface area (Å²) in [7, 11) is -2.87. The maximum Gasteiger partial charge on any atom is 0.152 e. The van der Waals surface area contributed by atoms with E-state index in [0.29, 0.717) is 12.2 Å². The second-order valence-corrected chi connectivity index (χ2v) is 8.41. The average Bonchev–Trinajstić information content (AvgIpc) is 2.94. The lowest BCUT2D eigenvalue weighted by Crippen LogP contribution is -2.43. The molecule has 0 saturated carbocycles. The number of nitrogens with zero attached hydrogens (tertiary/aromatic N) is 3. The van der Waals surface area contributed by atoms with E-state index < -0.39 is 9.84 Å². The highest BCUT2D eigenvalue weighted by molar-refractivity contribution is 7.91. The lowest BCUT2D eigenvalue weighted by atomic mass is 10.1. The molecule has 2 aliphatic rings. The number of rotatable bonds is 3. The van der Waals surface area contributed by atoms with Crippen molar-refractivity contribution in [1.29, 1.82) is 0 Å². The van der Waals surface area contributed by atoms with Gasteiger partial charge in [0.15, 0.2) is 9.84 Å². The van der Waals surface area contributed by atoms with Crippen LogP contribution in [0.25, 0.3) is 0 Å². The Hall–Kier alpha value is -0.920. The SMILES string of the molecule is Cc1nn([C@H]2CCS(=O)(=O)C2)c(C)c1CN1CCNCC1. The number of hydrogen-bond donors (Lipinski definition) is 1. The van der Waals surface area contributed by atoms with Crippen LogP contribution in [0.4, 0.5) is 0 Å². The van der Waals surface area contributed by atoms with E-state index in [1.807, 2.05) is 11.6 Å². The van der Waals surface area contributed by atoms with Crippen LogP contribution in [0.15, 0.2) is 0 Å². The number of sulfone groups is 1. The van der Waals surface area contributed by atoms with Gasteiger partial charge in [-0.1, -0.05) is 0 Å². The summed E-state index contributed by atoms with van der Waals surface area (Å²) in [5.41, 5.74) is 3.43. The molecule has 2 aliphatic heterocycles. The molecule has 2 saturated heterocycles. The summed E-state index contributed by atoms with van der Waals surface area (Å²) in [6.07, 6.45) is 0.692. The first-order chi connectivity index (χ1) is 9.96. The van der Waals surface area contributed by atoms with Gasteiger partial charge in [-0.25, -0.2) is 8.42 Å². The predicted octanol–water partition coefficient (Wildman–Crippen LogP) is 0.265. The highest BCUT2D eigenvalue weighted by atomic mass is 32.2. The van der Waals surface area contributed by atoms with Crippen LogP contribution in [0.3, 0.4) is 0 Å². The van der Waals surface area contributed by atoms with Crippen LogP contribution < -0.4 is 5.32 Å². The zero-order valence-corrected chi connectivity index (χ0v) is 13.6. The van der Waals surface area contributed by atoms with E-state index in [4.69, 9.17) is 0 Å². The molecule has 0 spiro atoms. The minimum absolute atomic E-state index is 0.0190. The third-order valence-electron chi connectivity index (χ3n) is 4.62. The summed E-state index contributed by atoms with van der Waals surface area (Å²) in [4.78, 5) is 2.43. The Morgan fingerprint density at radius 1 is 1.29 bits per heavy atom. The maximum absolute atomic E-state index is 11.7. The molecule has 2 fully saturated rings. The lowest BCUT2D eigenvalue weighted by Gasteiger charge is -2.27. The molecule has 21 heavy (non-hydrogen) atoms. The Kier molecular flexibility index (Phi) is 4.07.